The number of amides is 2. The van der Waals surface area contributed by atoms with Gasteiger partial charge in [-0.25, -0.2) is 18.1 Å². The largest absolute Gasteiger partial charge is 0.491 e. The quantitative estimate of drug-likeness (QED) is 0.461. The number of aryl methyl sites for hydroxylation is 1. The lowest BCUT2D eigenvalue weighted by Gasteiger charge is -2.14. The molecule has 9 nitrogen and oxygen atoms in total. The summed E-state index contributed by atoms with van der Waals surface area (Å²) >= 11 is 4.33. The SMILES string of the molecule is Cc1ccc(NC(=O)C(=O)Nc2nc(CNS(C)(=O)=O)c(Br)s2)c(OCC(C)C)c1. The lowest BCUT2D eigenvalue weighted by Crippen LogP contribution is -2.29. The number of rotatable bonds is 8. The van der Waals surface area contributed by atoms with E-state index in [1.165, 1.54) is 0 Å². The molecule has 0 aliphatic rings. The van der Waals surface area contributed by atoms with Gasteiger partial charge in [0.15, 0.2) is 5.13 Å². The molecule has 2 amide bonds. The van der Waals surface area contributed by atoms with Crippen molar-refractivity contribution in [1.29, 1.82) is 0 Å². The van der Waals surface area contributed by atoms with Gasteiger partial charge in [-0.05, 0) is 46.5 Å². The number of anilines is 2. The molecule has 3 N–H and O–H groups in total. The minimum absolute atomic E-state index is 0.0437. The maximum absolute atomic E-state index is 12.3. The number of sulfonamides is 1. The van der Waals surface area contributed by atoms with Crippen molar-refractivity contribution in [1.82, 2.24) is 9.71 Å². The Morgan fingerprint density at radius 1 is 1.23 bits per heavy atom. The van der Waals surface area contributed by atoms with Crippen molar-refractivity contribution in [2.75, 3.05) is 23.5 Å². The van der Waals surface area contributed by atoms with E-state index in [0.717, 1.165) is 23.2 Å². The average Bonchev–Trinajstić information content (AvgIpc) is 2.98. The summed E-state index contributed by atoms with van der Waals surface area (Å²) in [5.74, 6) is -1.01. The van der Waals surface area contributed by atoms with Crippen LogP contribution in [0, 0.1) is 12.8 Å². The van der Waals surface area contributed by atoms with Gasteiger partial charge in [-0.15, -0.1) is 0 Å². The van der Waals surface area contributed by atoms with Crippen molar-refractivity contribution in [3.8, 4) is 5.75 Å². The van der Waals surface area contributed by atoms with Crippen molar-refractivity contribution in [2.45, 2.75) is 27.3 Å². The zero-order valence-electron chi connectivity index (χ0n) is 16.9. The summed E-state index contributed by atoms with van der Waals surface area (Å²) in [5, 5.41) is 5.11. The molecule has 1 aromatic carbocycles. The van der Waals surface area contributed by atoms with Gasteiger partial charge in [0.1, 0.15) is 5.75 Å². The number of hydrogen-bond donors (Lipinski definition) is 3. The van der Waals surface area contributed by atoms with Crippen LogP contribution >= 0.6 is 27.3 Å². The zero-order valence-corrected chi connectivity index (χ0v) is 20.1. The molecule has 0 fully saturated rings. The fourth-order valence-corrected chi connectivity index (χ4v) is 3.93. The molecule has 0 unspecified atom stereocenters. The monoisotopic (exact) mass is 518 g/mol. The first kappa shape index (κ1) is 24.3. The summed E-state index contributed by atoms with van der Waals surface area (Å²) in [5.41, 5.74) is 1.74. The molecule has 164 valence electrons. The predicted octanol–water partition coefficient (Wildman–Crippen LogP) is 2.88. The summed E-state index contributed by atoms with van der Waals surface area (Å²) in [4.78, 5) is 28.7. The Balaban J connectivity index is 2.04. The van der Waals surface area contributed by atoms with Gasteiger partial charge in [0, 0.05) is 0 Å². The van der Waals surface area contributed by atoms with Gasteiger partial charge in [-0.1, -0.05) is 31.3 Å². The number of halogens is 1. The molecule has 0 saturated carbocycles. The molecular formula is C18H23BrN4O5S2. The Bertz CT molecular complexity index is 1040. The first-order valence-corrected chi connectivity index (χ1v) is 12.4. The molecule has 2 aromatic rings. The first-order valence-electron chi connectivity index (χ1n) is 8.90. The van der Waals surface area contributed by atoms with Gasteiger partial charge < -0.3 is 10.1 Å². The Labute approximate surface area is 187 Å². The standard InChI is InChI=1S/C18H23BrN4O5S2/c1-10(2)9-28-14-7-11(3)5-6-12(14)21-16(24)17(25)23-18-22-13(15(19)29-18)8-20-30(4,26)27/h5-7,10,20H,8-9H2,1-4H3,(H,21,24)(H,22,23,25). The number of carbonyl (C=O) groups excluding carboxylic acids is 2. The zero-order chi connectivity index (χ0) is 22.5. The minimum Gasteiger partial charge on any atom is -0.491 e. The third kappa shape index (κ3) is 7.67. The van der Waals surface area contributed by atoms with Crippen molar-refractivity contribution in [2.24, 2.45) is 5.92 Å². The van der Waals surface area contributed by atoms with Gasteiger partial charge in [-0.3, -0.25) is 14.9 Å². The van der Waals surface area contributed by atoms with Crippen LogP contribution in [0.3, 0.4) is 0 Å². The molecule has 0 aliphatic heterocycles. The number of nitrogens with zero attached hydrogens (tertiary/aromatic N) is 1. The number of carbonyl (C=O) groups is 2. The average molecular weight is 519 g/mol. The van der Waals surface area contributed by atoms with Crippen LogP contribution in [0.2, 0.25) is 0 Å². The van der Waals surface area contributed by atoms with E-state index in [4.69, 9.17) is 4.74 Å². The Hall–Kier alpha value is -2.02. The fraction of sp³-hybridized carbons (Fsp3) is 0.389. The third-order valence-corrected chi connectivity index (χ3v) is 5.95. The molecule has 2 rings (SSSR count). The number of benzene rings is 1. The molecule has 30 heavy (non-hydrogen) atoms. The molecule has 0 atom stereocenters. The maximum Gasteiger partial charge on any atom is 0.315 e. The van der Waals surface area contributed by atoms with Gasteiger partial charge >= 0.3 is 11.8 Å². The number of thiazole rings is 1. The maximum atomic E-state index is 12.3. The van der Waals surface area contributed by atoms with E-state index in [1.54, 1.807) is 18.2 Å². The van der Waals surface area contributed by atoms with Gasteiger partial charge in [0.2, 0.25) is 10.0 Å². The van der Waals surface area contributed by atoms with E-state index >= 15 is 0 Å². The van der Waals surface area contributed by atoms with E-state index in [-0.39, 0.29) is 11.7 Å². The minimum atomic E-state index is -3.39. The van der Waals surface area contributed by atoms with E-state index in [0.29, 0.717) is 33.4 Å². The molecule has 1 aromatic heterocycles. The number of hydrogen-bond acceptors (Lipinski definition) is 7. The van der Waals surface area contributed by atoms with E-state index < -0.39 is 21.8 Å². The highest BCUT2D eigenvalue weighted by molar-refractivity contribution is 9.11. The van der Waals surface area contributed by atoms with E-state index in [2.05, 4.69) is 36.3 Å². The topological polar surface area (TPSA) is 126 Å². The second-order valence-electron chi connectivity index (χ2n) is 6.95. The van der Waals surface area contributed by atoms with Crippen LogP contribution in [-0.4, -0.2) is 38.1 Å². The third-order valence-electron chi connectivity index (χ3n) is 3.54. The Morgan fingerprint density at radius 3 is 2.53 bits per heavy atom. The number of nitrogens with one attached hydrogen (secondary N) is 3. The second-order valence-corrected chi connectivity index (χ2v) is 11.1. The summed E-state index contributed by atoms with van der Waals surface area (Å²) in [6, 6.07) is 5.26. The molecule has 0 bridgehead atoms. The molecule has 0 radical (unpaired) electrons. The van der Waals surface area contributed by atoms with Crippen molar-refractivity contribution < 1.29 is 22.7 Å². The normalized spacial score (nSPS) is 11.4. The molecule has 0 aliphatic carbocycles. The van der Waals surface area contributed by atoms with Gasteiger partial charge in [0.25, 0.3) is 0 Å². The number of ether oxygens (including phenoxy) is 1. The summed E-state index contributed by atoms with van der Waals surface area (Å²) in [7, 11) is -3.39. The molecule has 0 spiro atoms. The first-order chi connectivity index (χ1) is 13.9. The van der Waals surface area contributed by atoms with Crippen LogP contribution in [0.25, 0.3) is 0 Å². The highest BCUT2D eigenvalue weighted by Crippen LogP contribution is 2.29. The predicted molar refractivity (Wildman–Crippen MR) is 120 cm³/mol. The molecule has 12 heteroatoms. The molecule has 1 heterocycles. The lowest BCUT2D eigenvalue weighted by molar-refractivity contribution is -0.133. The fourth-order valence-electron chi connectivity index (χ4n) is 2.14. The van der Waals surface area contributed by atoms with E-state index in [9.17, 15) is 18.0 Å². The number of aromatic nitrogens is 1. The summed E-state index contributed by atoms with van der Waals surface area (Å²) in [6.07, 6.45) is 1.03. The van der Waals surface area contributed by atoms with Crippen LogP contribution in [-0.2, 0) is 26.2 Å². The molecule has 0 saturated heterocycles. The highest BCUT2D eigenvalue weighted by Gasteiger charge is 2.19. The molecular weight excluding hydrogens is 496 g/mol. The Morgan fingerprint density at radius 2 is 1.90 bits per heavy atom. The van der Waals surface area contributed by atoms with Gasteiger partial charge in [-0.2, -0.15) is 0 Å². The second kappa shape index (κ2) is 10.3. The van der Waals surface area contributed by atoms with Crippen LogP contribution < -0.4 is 20.1 Å². The summed E-state index contributed by atoms with van der Waals surface area (Å²) in [6.45, 7) is 6.34. The van der Waals surface area contributed by atoms with Crippen molar-refractivity contribution >= 4 is 59.9 Å². The van der Waals surface area contributed by atoms with Gasteiger partial charge in [0.05, 0.1) is 34.6 Å². The smallest absolute Gasteiger partial charge is 0.315 e. The highest BCUT2D eigenvalue weighted by atomic mass is 79.9. The van der Waals surface area contributed by atoms with E-state index in [1.807, 2.05) is 20.8 Å². The lowest BCUT2D eigenvalue weighted by atomic mass is 10.2. The van der Waals surface area contributed by atoms with Crippen molar-refractivity contribution in [3.05, 3.63) is 33.2 Å². The van der Waals surface area contributed by atoms with Crippen LogP contribution in [0.1, 0.15) is 25.1 Å². The van der Waals surface area contributed by atoms with Crippen molar-refractivity contribution in [3.63, 3.8) is 0 Å². The van der Waals surface area contributed by atoms with Crippen LogP contribution in [0.5, 0.6) is 5.75 Å². The summed E-state index contributed by atoms with van der Waals surface area (Å²) < 4.78 is 31.0. The van der Waals surface area contributed by atoms with Crippen LogP contribution in [0.4, 0.5) is 10.8 Å². The van der Waals surface area contributed by atoms with Crippen LogP contribution in [0.15, 0.2) is 22.0 Å². The Kier molecular flexibility index (Phi) is 8.35.